The molecule has 8 heteroatoms. The Kier molecular flexibility index (Phi) is 5.47. The highest BCUT2D eigenvalue weighted by atomic mass is 35.5. The molecule has 6 nitrogen and oxygen atoms in total. The lowest BCUT2D eigenvalue weighted by atomic mass is 9.71. The molecule has 0 saturated heterocycles. The monoisotopic (exact) mass is 482 g/mol. The summed E-state index contributed by atoms with van der Waals surface area (Å²) in [5, 5.41) is 9.46. The molecule has 3 heterocycles. The van der Waals surface area contributed by atoms with Gasteiger partial charge in [-0.2, -0.15) is 0 Å². The number of carbonyl (C=O) groups is 2. The summed E-state index contributed by atoms with van der Waals surface area (Å²) in [5.41, 5.74) is 5.63. The first-order valence-corrected chi connectivity index (χ1v) is 11.6. The van der Waals surface area contributed by atoms with Crippen molar-refractivity contribution in [2.75, 3.05) is 13.1 Å². The second-order valence-corrected chi connectivity index (χ2v) is 9.62. The van der Waals surface area contributed by atoms with Crippen molar-refractivity contribution in [3.63, 3.8) is 0 Å². The van der Waals surface area contributed by atoms with Crippen molar-refractivity contribution < 1.29 is 9.59 Å². The van der Waals surface area contributed by atoms with Crippen LogP contribution in [0.1, 0.15) is 34.6 Å². The molecule has 3 aliphatic rings. The molecule has 0 aliphatic carbocycles. The number of Topliss-reactive ketones (excluding diaryl/α,β-unsaturated/α-hetero) is 2. The van der Waals surface area contributed by atoms with E-state index >= 15 is 0 Å². The zero-order chi connectivity index (χ0) is 23.3. The summed E-state index contributed by atoms with van der Waals surface area (Å²) < 4.78 is 0. The average molecular weight is 483 g/mol. The van der Waals surface area contributed by atoms with E-state index in [1.165, 1.54) is 0 Å². The van der Waals surface area contributed by atoms with Gasteiger partial charge in [0.15, 0.2) is 11.6 Å². The predicted octanol–water partition coefficient (Wildman–Crippen LogP) is 3.94. The summed E-state index contributed by atoms with van der Waals surface area (Å²) in [4.78, 5) is 28.0. The number of ketones is 2. The Labute approximate surface area is 202 Å². The van der Waals surface area contributed by atoms with E-state index in [9.17, 15) is 9.59 Å². The molecule has 33 heavy (non-hydrogen) atoms. The number of benzene rings is 2. The van der Waals surface area contributed by atoms with E-state index in [0.717, 1.165) is 23.5 Å². The van der Waals surface area contributed by atoms with Gasteiger partial charge in [-0.15, -0.1) is 0 Å². The Hall–Kier alpha value is -2.80. The highest BCUT2D eigenvalue weighted by molar-refractivity contribution is 6.35. The fourth-order valence-electron chi connectivity index (χ4n) is 4.90. The Morgan fingerprint density at radius 2 is 1.67 bits per heavy atom. The summed E-state index contributed by atoms with van der Waals surface area (Å²) in [5.74, 6) is -1.29. The first kappa shape index (κ1) is 22.0. The molecule has 0 bridgehead atoms. The molecule has 0 spiro atoms. The normalized spacial score (nSPS) is 26.1. The zero-order valence-electron chi connectivity index (χ0n) is 18.3. The van der Waals surface area contributed by atoms with E-state index in [1.807, 2.05) is 6.20 Å². The standard InChI is InChI=1S/C25H24Cl2N4O2/c1-14-11-28-13-20-17-12-29-25(2,24(33)16-8-4-6-10-19(16)27)21(22(17)30-31(14)20)23(32)15-7-3-5-9-18(15)26/h3-10,13-14,21,28-30H,11-12H2,1-2H3. The third kappa shape index (κ3) is 3.44. The van der Waals surface area contributed by atoms with Crippen LogP contribution >= 0.6 is 23.2 Å². The number of hydrogen-bond acceptors (Lipinski definition) is 6. The molecule has 0 aromatic heterocycles. The molecular weight excluding hydrogens is 459 g/mol. The molecule has 0 saturated carbocycles. The first-order valence-electron chi connectivity index (χ1n) is 10.9. The van der Waals surface area contributed by atoms with Crippen molar-refractivity contribution in [1.82, 2.24) is 21.1 Å². The number of hydrogen-bond donors (Lipinski definition) is 3. The third-order valence-electron chi connectivity index (χ3n) is 6.72. The van der Waals surface area contributed by atoms with Crippen LogP contribution in [-0.2, 0) is 0 Å². The van der Waals surface area contributed by atoms with Gasteiger partial charge in [-0.25, -0.2) is 0 Å². The van der Waals surface area contributed by atoms with Gasteiger partial charge in [0.1, 0.15) is 0 Å². The maximum Gasteiger partial charge on any atom is 0.185 e. The Morgan fingerprint density at radius 3 is 2.33 bits per heavy atom. The van der Waals surface area contributed by atoms with Crippen molar-refractivity contribution in [3.05, 3.63) is 92.9 Å². The van der Waals surface area contributed by atoms with E-state index in [0.29, 0.717) is 27.7 Å². The number of nitrogens with zero attached hydrogens (tertiary/aromatic N) is 1. The van der Waals surface area contributed by atoms with Crippen molar-refractivity contribution in [2.45, 2.75) is 25.4 Å². The van der Waals surface area contributed by atoms with Crippen molar-refractivity contribution in [1.29, 1.82) is 0 Å². The quantitative estimate of drug-likeness (QED) is 0.573. The largest absolute Gasteiger partial charge is 0.387 e. The summed E-state index contributed by atoms with van der Waals surface area (Å²) >= 11 is 12.8. The molecule has 5 rings (SSSR count). The van der Waals surface area contributed by atoms with Gasteiger partial charge in [0, 0.05) is 36.0 Å². The minimum absolute atomic E-state index is 0.164. The van der Waals surface area contributed by atoms with Crippen LogP contribution in [0.15, 0.2) is 71.7 Å². The van der Waals surface area contributed by atoms with Gasteiger partial charge < -0.3 is 10.7 Å². The molecule has 2 aromatic rings. The summed E-state index contributed by atoms with van der Waals surface area (Å²) in [6.07, 6.45) is 1.95. The van der Waals surface area contributed by atoms with Crippen LogP contribution in [0.25, 0.3) is 0 Å². The Bertz CT molecular complexity index is 1220. The van der Waals surface area contributed by atoms with E-state index in [2.05, 4.69) is 28.0 Å². The Morgan fingerprint density at radius 1 is 1.03 bits per heavy atom. The molecule has 0 fully saturated rings. The molecule has 0 amide bonds. The van der Waals surface area contributed by atoms with E-state index in [-0.39, 0.29) is 17.6 Å². The van der Waals surface area contributed by atoms with Crippen molar-refractivity contribution >= 4 is 34.8 Å². The van der Waals surface area contributed by atoms with Crippen LogP contribution in [-0.4, -0.2) is 41.2 Å². The van der Waals surface area contributed by atoms with Crippen LogP contribution in [0.5, 0.6) is 0 Å². The number of carbonyl (C=O) groups excluding carboxylic acids is 2. The van der Waals surface area contributed by atoms with E-state index < -0.39 is 11.5 Å². The minimum Gasteiger partial charge on any atom is -0.387 e. The highest BCUT2D eigenvalue weighted by Crippen LogP contribution is 2.42. The average Bonchev–Trinajstić information content (AvgIpc) is 3.18. The van der Waals surface area contributed by atoms with Gasteiger partial charge in [0.05, 0.1) is 38.9 Å². The second kappa shape index (κ2) is 8.20. The van der Waals surface area contributed by atoms with Crippen LogP contribution < -0.4 is 16.1 Å². The second-order valence-electron chi connectivity index (χ2n) is 8.80. The van der Waals surface area contributed by atoms with Crippen molar-refractivity contribution in [2.24, 2.45) is 5.92 Å². The van der Waals surface area contributed by atoms with Gasteiger partial charge >= 0.3 is 0 Å². The highest BCUT2D eigenvalue weighted by Gasteiger charge is 2.54. The maximum atomic E-state index is 14.0. The van der Waals surface area contributed by atoms with Gasteiger partial charge in [0.25, 0.3) is 0 Å². The zero-order valence-corrected chi connectivity index (χ0v) is 19.8. The lowest BCUT2D eigenvalue weighted by molar-refractivity contribution is 0.0701. The SMILES string of the molecule is CC1CNC=C2C3=C(NN21)C(C(=O)c1ccccc1Cl)C(C)(C(=O)c1ccccc1Cl)NC3. The van der Waals surface area contributed by atoms with Crippen molar-refractivity contribution in [3.8, 4) is 0 Å². The molecule has 2 aromatic carbocycles. The number of halogens is 2. The lowest BCUT2D eigenvalue weighted by Crippen LogP contribution is -2.62. The number of hydrazine groups is 1. The van der Waals surface area contributed by atoms with Gasteiger partial charge in [-0.1, -0.05) is 47.5 Å². The predicted molar refractivity (Wildman–Crippen MR) is 129 cm³/mol. The summed E-state index contributed by atoms with van der Waals surface area (Å²) in [6.45, 7) is 5.07. The Balaban J connectivity index is 1.66. The van der Waals surface area contributed by atoms with Crippen LogP contribution in [0.3, 0.4) is 0 Å². The summed E-state index contributed by atoms with van der Waals surface area (Å²) in [7, 11) is 0. The van der Waals surface area contributed by atoms with E-state index in [1.54, 1.807) is 55.5 Å². The van der Waals surface area contributed by atoms with Gasteiger partial charge in [0.2, 0.25) is 0 Å². The number of rotatable bonds is 4. The number of nitrogens with one attached hydrogen (secondary N) is 3. The molecule has 3 unspecified atom stereocenters. The topological polar surface area (TPSA) is 73.5 Å². The van der Waals surface area contributed by atoms with Gasteiger partial charge in [-0.05, 0) is 38.1 Å². The number of fused-ring (bicyclic) bond motifs is 2. The minimum atomic E-state index is -1.24. The molecule has 3 atom stereocenters. The van der Waals surface area contributed by atoms with Crippen LogP contribution in [0.4, 0.5) is 0 Å². The molecule has 170 valence electrons. The molecule has 0 radical (unpaired) electrons. The van der Waals surface area contributed by atoms with Crippen LogP contribution in [0, 0.1) is 5.92 Å². The fraction of sp³-hybridized carbons (Fsp3) is 0.280. The molecule has 3 aliphatic heterocycles. The van der Waals surface area contributed by atoms with E-state index in [4.69, 9.17) is 23.2 Å². The lowest BCUT2D eigenvalue weighted by Gasteiger charge is -2.41. The smallest absolute Gasteiger partial charge is 0.185 e. The van der Waals surface area contributed by atoms with Gasteiger partial charge in [-0.3, -0.25) is 19.9 Å². The third-order valence-corrected chi connectivity index (χ3v) is 7.38. The van der Waals surface area contributed by atoms with Crippen LogP contribution in [0.2, 0.25) is 10.0 Å². The first-order chi connectivity index (χ1) is 15.8. The summed E-state index contributed by atoms with van der Waals surface area (Å²) in [6, 6.07) is 14.0. The molecular formula is C25H24Cl2N4O2. The molecule has 3 N–H and O–H groups in total. The maximum absolute atomic E-state index is 14.0. The fourth-order valence-corrected chi connectivity index (χ4v) is 5.35.